The van der Waals surface area contributed by atoms with Crippen molar-refractivity contribution < 1.29 is 19.1 Å². The highest BCUT2D eigenvalue weighted by atomic mass is 35.5. The monoisotopic (exact) mass is 437 g/mol. The zero-order valence-electron chi connectivity index (χ0n) is 17.3. The number of hydrogen-bond acceptors (Lipinski definition) is 7. The van der Waals surface area contributed by atoms with Crippen molar-refractivity contribution in [2.75, 3.05) is 17.2 Å². The molecular formula is C20H28ClN5O4. The molecule has 4 N–H and O–H groups in total. The van der Waals surface area contributed by atoms with Gasteiger partial charge in [0.05, 0.1) is 13.0 Å². The summed E-state index contributed by atoms with van der Waals surface area (Å²) in [6.45, 7) is 5.35. The molecule has 0 spiro atoms. The van der Waals surface area contributed by atoms with Crippen LogP contribution in [0.4, 0.5) is 11.6 Å². The smallest absolute Gasteiger partial charge is 0.306 e. The lowest BCUT2D eigenvalue weighted by Gasteiger charge is -2.19. The van der Waals surface area contributed by atoms with Gasteiger partial charge in [0.15, 0.2) is 0 Å². The molecule has 164 valence electrons. The Balaban J connectivity index is 0.000000603. The van der Waals surface area contributed by atoms with Crippen molar-refractivity contribution in [1.82, 2.24) is 9.97 Å². The van der Waals surface area contributed by atoms with Gasteiger partial charge >= 0.3 is 5.97 Å². The van der Waals surface area contributed by atoms with Gasteiger partial charge in [-0.15, -0.1) is 12.4 Å². The lowest BCUT2D eigenvalue weighted by Crippen LogP contribution is -2.24. The van der Waals surface area contributed by atoms with Gasteiger partial charge < -0.3 is 21.1 Å². The summed E-state index contributed by atoms with van der Waals surface area (Å²) in [6, 6.07) is 10.5. The van der Waals surface area contributed by atoms with E-state index in [9.17, 15) is 14.4 Å². The Labute approximate surface area is 182 Å². The highest BCUT2D eigenvalue weighted by Crippen LogP contribution is 2.09. The average Bonchev–Trinajstić information content (AvgIpc) is 2.67. The van der Waals surface area contributed by atoms with Gasteiger partial charge in [-0.2, -0.15) is 0 Å². The molecule has 2 heterocycles. The first-order chi connectivity index (χ1) is 13.7. The van der Waals surface area contributed by atoms with Crippen LogP contribution in [-0.4, -0.2) is 39.9 Å². The number of anilines is 2. The predicted octanol–water partition coefficient (Wildman–Crippen LogP) is 2.54. The fourth-order valence-electron chi connectivity index (χ4n) is 1.88. The number of ether oxygens (including phenoxy) is 1. The number of aromatic nitrogens is 2. The minimum Gasteiger partial charge on any atom is -0.460 e. The lowest BCUT2D eigenvalue weighted by atomic mass is 10.2. The molecule has 2 amide bonds. The van der Waals surface area contributed by atoms with E-state index in [2.05, 4.69) is 20.6 Å². The number of amides is 2. The van der Waals surface area contributed by atoms with Gasteiger partial charge in [0, 0.05) is 18.8 Å². The van der Waals surface area contributed by atoms with Crippen molar-refractivity contribution in [3.05, 3.63) is 48.8 Å². The number of carbonyl (C=O) groups excluding carboxylic acids is 3. The third-order valence-corrected chi connectivity index (χ3v) is 3.03. The Hall–Kier alpha value is -3.04. The Morgan fingerprint density at radius 1 is 0.900 bits per heavy atom. The maximum Gasteiger partial charge on any atom is 0.306 e. The average molecular weight is 438 g/mol. The van der Waals surface area contributed by atoms with Gasteiger partial charge in [0.1, 0.15) is 17.2 Å². The van der Waals surface area contributed by atoms with Gasteiger partial charge in [0.25, 0.3) is 0 Å². The van der Waals surface area contributed by atoms with Crippen LogP contribution in [0.25, 0.3) is 0 Å². The maximum absolute atomic E-state index is 11.5. The predicted molar refractivity (Wildman–Crippen MR) is 117 cm³/mol. The van der Waals surface area contributed by atoms with Gasteiger partial charge in [-0.25, -0.2) is 9.97 Å². The summed E-state index contributed by atoms with van der Waals surface area (Å²) in [7, 11) is 0. The highest BCUT2D eigenvalue weighted by molar-refractivity contribution is 5.92. The molecule has 0 unspecified atom stereocenters. The minimum absolute atomic E-state index is 0. The summed E-state index contributed by atoms with van der Waals surface area (Å²) in [6.07, 6.45) is 3.34. The Kier molecular flexibility index (Phi) is 12.6. The second kappa shape index (κ2) is 14.0. The molecule has 0 atom stereocenters. The number of carbonyl (C=O) groups is 3. The van der Waals surface area contributed by atoms with E-state index in [0.717, 1.165) is 0 Å². The molecule has 2 aromatic heterocycles. The van der Waals surface area contributed by atoms with Gasteiger partial charge in [-0.3, -0.25) is 14.4 Å². The fourth-order valence-corrected chi connectivity index (χ4v) is 1.88. The summed E-state index contributed by atoms with van der Waals surface area (Å²) < 4.78 is 5.10. The molecule has 30 heavy (non-hydrogen) atoms. The van der Waals surface area contributed by atoms with Crippen LogP contribution in [0.3, 0.4) is 0 Å². The molecule has 2 aromatic rings. The molecule has 0 aliphatic heterocycles. The SMILES string of the molecule is CC(C)(C)OC(=O)CCC(=O)Nc1ccccn1.Cl.NCC(=O)Nc1ccccn1. The van der Waals surface area contributed by atoms with Crippen LogP contribution in [0, 0.1) is 0 Å². The molecular weight excluding hydrogens is 410 g/mol. The van der Waals surface area contributed by atoms with Crippen molar-refractivity contribution in [1.29, 1.82) is 0 Å². The maximum atomic E-state index is 11.5. The van der Waals surface area contributed by atoms with Crippen LogP contribution < -0.4 is 16.4 Å². The van der Waals surface area contributed by atoms with Gasteiger partial charge in [-0.1, -0.05) is 12.1 Å². The third-order valence-electron chi connectivity index (χ3n) is 3.03. The van der Waals surface area contributed by atoms with Crippen molar-refractivity contribution in [3.63, 3.8) is 0 Å². The number of rotatable bonds is 6. The van der Waals surface area contributed by atoms with Crippen LogP contribution in [0.1, 0.15) is 33.6 Å². The number of nitrogens with one attached hydrogen (secondary N) is 2. The second-order valence-electron chi connectivity index (χ2n) is 6.82. The number of esters is 1. The van der Waals surface area contributed by atoms with Crippen molar-refractivity contribution >= 4 is 41.8 Å². The number of hydrogen-bond donors (Lipinski definition) is 3. The second-order valence-corrected chi connectivity index (χ2v) is 6.82. The third kappa shape index (κ3) is 13.2. The molecule has 0 fully saturated rings. The van der Waals surface area contributed by atoms with Crippen LogP contribution in [0.2, 0.25) is 0 Å². The first-order valence-electron chi connectivity index (χ1n) is 9.03. The zero-order valence-corrected chi connectivity index (χ0v) is 18.1. The van der Waals surface area contributed by atoms with E-state index in [4.69, 9.17) is 10.5 Å². The number of halogens is 1. The molecule has 0 aliphatic rings. The van der Waals surface area contributed by atoms with E-state index in [0.29, 0.717) is 11.6 Å². The number of nitrogens with two attached hydrogens (primary N) is 1. The summed E-state index contributed by atoms with van der Waals surface area (Å²) in [5, 5.41) is 5.12. The van der Waals surface area contributed by atoms with Crippen LogP contribution in [0.5, 0.6) is 0 Å². The molecule has 10 heteroatoms. The fraction of sp³-hybridized carbons (Fsp3) is 0.350. The van der Waals surface area contributed by atoms with Crippen molar-refractivity contribution in [2.24, 2.45) is 5.73 Å². The molecule has 0 radical (unpaired) electrons. The largest absolute Gasteiger partial charge is 0.460 e. The van der Waals surface area contributed by atoms with E-state index in [1.54, 1.807) is 69.6 Å². The van der Waals surface area contributed by atoms with E-state index < -0.39 is 5.60 Å². The Morgan fingerprint density at radius 2 is 1.40 bits per heavy atom. The van der Waals surface area contributed by atoms with E-state index in [-0.39, 0.29) is 49.6 Å². The summed E-state index contributed by atoms with van der Waals surface area (Å²) in [5.74, 6) is 0.150. The normalized spacial score (nSPS) is 9.87. The molecule has 2 rings (SSSR count). The summed E-state index contributed by atoms with van der Waals surface area (Å²) >= 11 is 0. The van der Waals surface area contributed by atoms with Crippen molar-refractivity contribution in [3.8, 4) is 0 Å². The standard InChI is InChI=1S/C13H18N2O3.C7H9N3O.ClH/c1-13(2,3)18-12(17)8-7-11(16)15-10-6-4-5-9-14-10;8-5-7(11)10-6-3-1-2-4-9-6;/h4-6,9H,7-8H2,1-3H3,(H,14,15,16);1-4H,5,8H2,(H,9,10,11);1H. The van der Waals surface area contributed by atoms with Gasteiger partial charge in [-0.05, 0) is 45.0 Å². The molecule has 0 aromatic carbocycles. The summed E-state index contributed by atoms with van der Waals surface area (Å²) in [4.78, 5) is 41.5. The Morgan fingerprint density at radius 3 is 1.80 bits per heavy atom. The lowest BCUT2D eigenvalue weighted by molar-refractivity contribution is -0.155. The number of pyridine rings is 2. The highest BCUT2D eigenvalue weighted by Gasteiger charge is 2.17. The topological polar surface area (TPSA) is 136 Å². The first kappa shape index (κ1) is 27.0. The molecule has 0 aliphatic carbocycles. The summed E-state index contributed by atoms with van der Waals surface area (Å²) in [5.41, 5.74) is 4.56. The Bertz CT molecular complexity index is 783. The molecule has 0 saturated heterocycles. The van der Waals surface area contributed by atoms with E-state index >= 15 is 0 Å². The zero-order chi connectivity index (χ0) is 21.7. The van der Waals surface area contributed by atoms with E-state index in [1.807, 2.05) is 0 Å². The van der Waals surface area contributed by atoms with Crippen molar-refractivity contribution in [2.45, 2.75) is 39.2 Å². The molecule has 0 saturated carbocycles. The van der Waals surface area contributed by atoms with Crippen LogP contribution >= 0.6 is 12.4 Å². The minimum atomic E-state index is -0.519. The van der Waals surface area contributed by atoms with Crippen LogP contribution in [-0.2, 0) is 19.1 Å². The van der Waals surface area contributed by atoms with Crippen LogP contribution in [0.15, 0.2) is 48.8 Å². The van der Waals surface area contributed by atoms with Gasteiger partial charge in [0.2, 0.25) is 11.8 Å². The quantitative estimate of drug-likeness (QED) is 0.590. The molecule has 9 nitrogen and oxygen atoms in total. The molecule has 0 bridgehead atoms. The first-order valence-corrected chi connectivity index (χ1v) is 9.03. The van der Waals surface area contributed by atoms with E-state index in [1.165, 1.54) is 0 Å². The number of nitrogens with zero attached hydrogens (tertiary/aromatic N) is 2.